The third-order valence-electron chi connectivity index (χ3n) is 1.84. The molecule has 0 aromatic heterocycles. The smallest absolute Gasteiger partial charge is 0.181 e. The van der Waals surface area contributed by atoms with Gasteiger partial charge >= 0.3 is 0 Å². The molecule has 0 saturated heterocycles. The summed E-state index contributed by atoms with van der Waals surface area (Å²) in [6.07, 6.45) is -0.772. The molecular formula is C8H6ClIO2. The van der Waals surface area contributed by atoms with Crippen LogP contribution in [0.15, 0.2) is 12.1 Å². The predicted octanol–water partition coefficient (Wildman–Crippen LogP) is 2.47. The summed E-state index contributed by atoms with van der Waals surface area (Å²) in [6.45, 7) is 0.452. The van der Waals surface area contributed by atoms with Gasteiger partial charge in [0.05, 0.1) is 11.6 Å². The summed E-state index contributed by atoms with van der Waals surface area (Å²) in [5, 5.41) is 10.0. The van der Waals surface area contributed by atoms with E-state index in [4.69, 9.17) is 16.3 Å². The van der Waals surface area contributed by atoms with E-state index in [-0.39, 0.29) is 0 Å². The lowest BCUT2D eigenvalue weighted by atomic mass is 10.1. The summed E-state index contributed by atoms with van der Waals surface area (Å²) in [4.78, 5) is 0. The molecule has 0 bridgehead atoms. The van der Waals surface area contributed by atoms with Crippen molar-refractivity contribution in [3.63, 3.8) is 0 Å². The Morgan fingerprint density at radius 2 is 2.33 bits per heavy atom. The standard InChI is InChI=1S/C8H6ClIO2/c9-6-1-4-3-12-8(11)5(4)2-7(6)10/h1-2,8,11H,3H2. The Balaban J connectivity index is 2.56. The fourth-order valence-electron chi connectivity index (χ4n) is 1.22. The molecule has 12 heavy (non-hydrogen) atoms. The Morgan fingerprint density at radius 3 is 3.08 bits per heavy atom. The van der Waals surface area contributed by atoms with Crippen LogP contribution in [0.3, 0.4) is 0 Å². The lowest BCUT2D eigenvalue weighted by molar-refractivity contribution is -0.0918. The van der Waals surface area contributed by atoms with Crippen LogP contribution in [-0.2, 0) is 11.3 Å². The van der Waals surface area contributed by atoms with Crippen molar-refractivity contribution in [3.05, 3.63) is 31.9 Å². The van der Waals surface area contributed by atoms with E-state index in [2.05, 4.69) is 22.6 Å². The summed E-state index contributed by atoms with van der Waals surface area (Å²) in [7, 11) is 0. The third-order valence-corrected chi connectivity index (χ3v) is 3.37. The number of halogens is 2. The van der Waals surface area contributed by atoms with E-state index in [9.17, 15) is 5.11 Å². The van der Waals surface area contributed by atoms with Gasteiger partial charge < -0.3 is 9.84 Å². The molecule has 1 unspecified atom stereocenters. The Hall–Kier alpha value is 0.160. The predicted molar refractivity (Wildman–Crippen MR) is 53.9 cm³/mol. The van der Waals surface area contributed by atoms with Crippen molar-refractivity contribution < 1.29 is 9.84 Å². The van der Waals surface area contributed by atoms with Gasteiger partial charge in [-0.25, -0.2) is 0 Å². The summed E-state index contributed by atoms with van der Waals surface area (Å²) < 4.78 is 5.97. The molecule has 4 heteroatoms. The Morgan fingerprint density at radius 1 is 1.58 bits per heavy atom. The van der Waals surface area contributed by atoms with Crippen molar-refractivity contribution >= 4 is 34.2 Å². The van der Waals surface area contributed by atoms with E-state index >= 15 is 0 Å². The average molecular weight is 296 g/mol. The van der Waals surface area contributed by atoms with Crippen LogP contribution < -0.4 is 0 Å². The SMILES string of the molecule is OC1OCc2cc(Cl)c(I)cc21. The first-order valence-corrected chi connectivity index (χ1v) is 4.91. The normalized spacial score (nSPS) is 21.1. The molecule has 0 amide bonds. The highest BCUT2D eigenvalue weighted by atomic mass is 127. The zero-order chi connectivity index (χ0) is 8.72. The van der Waals surface area contributed by atoms with Crippen LogP contribution in [0.4, 0.5) is 0 Å². The maximum atomic E-state index is 9.33. The zero-order valence-electron chi connectivity index (χ0n) is 6.05. The molecule has 1 heterocycles. The fourth-order valence-corrected chi connectivity index (χ4v) is 1.89. The van der Waals surface area contributed by atoms with E-state index in [1.807, 2.05) is 12.1 Å². The van der Waals surface area contributed by atoms with Crippen LogP contribution in [0.5, 0.6) is 0 Å². The summed E-state index contributed by atoms with van der Waals surface area (Å²) in [6, 6.07) is 3.70. The van der Waals surface area contributed by atoms with Crippen LogP contribution in [0.2, 0.25) is 5.02 Å². The van der Waals surface area contributed by atoms with Gasteiger partial charge in [-0.05, 0) is 40.3 Å². The van der Waals surface area contributed by atoms with Crippen molar-refractivity contribution in [2.75, 3.05) is 0 Å². The number of aliphatic hydroxyl groups is 1. The second-order valence-corrected chi connectivity index (χ2v) is 4.20. The lowest BCUT2D eigenvalue weighted by Crippen LogP contribution is -1.92. The first-order valence-electron chi connectivity index (χ1n) is 3.46. The van der Waals surface area contributed by atoms with Gasteiger partial charge in [-0.15, -0.1) is 0 Å². The van der Waals surface area contributed by atoms with Crippen molar-refractivity contribution in [2.24, 2.45) is 0 Å². The van der Waals surface area contributed by atoms with Gasteiger partial charge in [-0.3, -0.25) is 0 Å². The van der Waals surface area contributed by atoms with Crippen molar-refractivity contribution in [1.82, 2.24) is 0 Å². The quantitative estimate of drug-likeness (QED) is 0.745. The highest BCUT2D eigenvalue weighted by Crippen LogP contribution is 2.33. The lowest BCUT2D eigenvalue weighted by Gasteiger charge is -2.03. The Labute approximate surface area is 88.6 Å². The molecule has 64 valence electrons. The van der Waals surface area contributed by atoms with E-state index < -0.39 is 6.29 Å². The van der Waals surface area contributed by atoms with Crippen molar-refractivity contribution in [1.29, 1.82) is 0 Å². The topological polar surface area (TPSA) is 29.5 Å². The highest BCUT2D eigenvalue weighted by Gasteiger charge is 2.21. The Bertz CT molecular complexity index is 327. The van der Waals surface area contributed by atoms with Gasteiger partial charge in [-0.1, -0.05) is 11.6 Å². The van der Waals surface area contributed by atoms with E-state index in [1.54, 1.807) is 0 Å². The molecule has 1 aliphatic rings. The molecule has 2 nitrogen and oxygen atoms in total. The van der Waals surface area contributed by atoms with Crippen molar-refractivity contribution in [3.8, 4) is 0 Å². The number of benzene rings is 1. The minimum Gasteiger partial charge on any atom is -0.364 e. The summed E-state index contributed by atoms with van der Waals surface area (Å²) >= 11 is 8.02. The van der Waals surface area contributed by atoms with Gasteiger partial charge in [0.25, 0.3) is 0 Å². The van der Waals surface area contributed by atoms with Gasteiger partial charge in [0.2, 0.25) is 0 Å². The van der Waals surface area contributed by atoms with E-state index in [1.165, 1.54) is 0 Å². The van der Waals surface area contributed by atoms with Crippen LogP contribution in [0.25, 0.3) is 0 Å². The maximum absolute atomic E-state index is 9.33. The van der Waals surface area contributed by atoms with Gasteiger partial charge in [0, 0.05) is 9.13 Å². The van der Waals surface area contributed by atoms with Gasteiger partial charge in [-0.2, -0.15) is 0 Å². The number of hydrogen-bond acceptors (Lipinski definition) is 2. The Kier molecular flexibility index (Phi) is 2.29. The number of ether oxygens (including phenoxy) is 1. The van der Waals surface area contributed by atoms with Crippen LogP contribution in [0, 0.1) is 3.57 Å². The molecule has 0 fully saturated rings. The number of hydrogen-bond donors (Lipinski definition) is 1. The molecule has 0 saturated carbocycles. The zero-order valence-corrected chi connectivity index (χ0v) is 8.96. The second-order valence-electron chi connectivity index (χ2n) is 2.63. The molecule has 0 aliphatic carbocycles. The maximum Gasteiger partial charge on any atom is 0.181 e. The first-order chi connectivity index (χ1) is 5.68. The molecule has 1 aliphatic heterocycles. The molecule has 0 radical (unpaired) electrons. The molecule has 0 spiro atoms. The molecule has 1 atom stereocenters. The van der Waals surface area contributed by atoms with Crippen LogP contribution in [0.1, 0.15) is 17.4 Å². The second kappa shape index (κ2) is 3.14. The summed E-state index contributed by atoms with van der Waals surface area (Å²) in [5.41, 5.74) is 1.82. The van der Waals surface area contributed by atoms with Crippen LogP contribution >= 0.6 is 34.2 Å². The molecule has 1 aromatic rings. The van der Waals surface area contributed by atoms with E-state index in [0.717, 1.165) is 14.7 Å². The monoisotopic (exact) mass is 296 g/mol. The number of rotatable bonds is 0. The molecule has 1 N–H and O–H groups in total. The van der Waals surface area contributed by atoms with E-state index in [0.29, 0.717) is 11.6 Å². The first kappa shape index (κ1) is 8.74. The summed E-state index contributed by atoms with van der Waals surface area (Å²) in [5.74, 6) is 0. The number of fused-ring (bicyclic) bond motifs is 1. The largest absolute Gasteiger partial charge is 0.364 e. The number of aliphatic hydroxyl groups excluding tert-OH is 1. The van der Waals surface area contributed by atoms with Gasteiger partial charge in [0.1, 0.15) is 0 Å². The van der Waals surface area contributed by atoms with Gasteiger partial charge in [0.15, 0.2) is 6.29 Å². The van der Waals surface area contributed by atoms with Crippen LogP contribution in [-0.4, -0.2) is 5.11 Å². The molecule has 2 rings (SSSR count). The molecular weight excluding hydrogens is 290 g/mol. The average Bonchev–Trinajstić information content (AvgIpc) is 2.35. The minimum atomic E-state index is -0.772. The van der Waals surface area contributed by atoms with Crippen molar-refractivity contribution in [2.45, 2.75) is 12.9 Å². The highest BCUT2D eigenvalue weighted by molar-refractivity contribution is 14.1. The minimum absolute atomic E-state index is 0.452. The third kappa shape index (κ3) is 1.35. The molecule has 1 aromatic carbocycles. The fraction of sp³-hybridized carbons (Fsp3) is 0.250.